The summed E-state index contributed by atoms with van der Waals surface area (Å²) in [6.45, 7) is -0.188. The van der Waals surface area contributed by atoms with Crippen LogP contribution in [0.3, 0.4) is 0 Å². The first-order chi connectivity index (χ1) is 13.0. The molecule has 6 nitrogen and oxygen atoms in total. The highest BCUT2D eigenvalue weighted by Gasteiger charge is 2.15. The Hall–Kier alpha value is -3.02. The van der Waals surface area contributed by atoms with E-state index in [9.17, 15) is 14.7 Å². The Morgan fingerprint density at radius 2 is 1.74 bits per heavy atom. The van der Waals surface area contributed by atoms with Gasteiger partial charge in [-0.25, -0.2) is 4.79 Å². The van der Waals surface area contributed by atoms with Crippen molar-refractivity contribution in [2.24, 2.45) is 0 Å². The lowest BCUT2D eigenvalue weighted by molar-refractivity contribution is -0.118. The fourth-order valence-electron chi connectivity index (χ4n) is 3.40. The molecule has 2 aromatic carbocycles. The van der Waals surface area contributed by atoms with Crippen LogP contribution in [0.1, 0.15) is 53.9 Å². The number of benzene rings is 2. The molecular formula is C21H23NO5. The molecule has 0 aliphatic heterocycles. The zero-order valence-electron chi connectivity index (χ0n) is 15.0. The molecule has 3 N–H and O–H groups in total. The molecule has 1 fully saturated rings. The van der Waals surface area contributed by atoms with E-state index in [4.69, 9.17) is 9.84 Å². The second-order valence-corrected chi connectivity index (χ2v) is 6.78. The molecule has 0 heterocycles. The molecule has 0 saturated heterocycles. The number of nitrogens with one attached hydrogen (secondary N) is 1. The zero-order valence-corrected chi connectivity index (χ0v) is 15.0. The van der Waals surface area contributed by atoms with Crippen molar-refractivity contribution in [1.82, 2.24) is 0 Å². The molecule has 142 valence electrons. The molecule has 1 aliphatic carbocycles. The number of aromatic carboxylic acids is 1. The van der Waals surface area contributed by atoms with Crippen LogP contribution in [0.5, 0.6) is 11.5 Å². The SMILES string of the molecule is O=C(COc1ccc(C2CCCCC2)cc1)Nc1ccc(O)c(C(=O)O)c1. The second kappa shape index (κ2) is 8.58. The number of carbonyl (C=O) groups is 2. The van der Waals surface area contributed by atoms with E-state index >= 15 is 0 Å². The molecule has 0 atom stereocenters. The number of carbonyl (C=O) groups excluding carboxylic acids is 1. The van der Waals surface area contributed by atoms with Crippen LogP contribution >= 0.6 is 0 Å². The molecule has 1 aliphatic rings. The summed E-state index contributed by atoms with van der Waals surface area (Å²) < 4.78 is 5.51. The minimum Gasteiger partial charge on any atom is -0.507 e. The summed E-state index contributed by atoms with van der Waals surface area (Å²) in [5.41, 5.74) is 1.33. The molecule has 0 unspecified atom stereocenters. The minimum absolute atomic E-state index is 0.188. The van der Waals surface area contributed by atoms with Gasteiger partial charge in [0.2, 0.25) is 0 Å². The maximum atomic E-state index is 12.0. The topological polar surface area (TPSA) is 95.9 Å². The third-order valence-corrected chi connectivity index (χ3v) is 4.84. The third kappa shape index (κ3) is 5.00. The Labute approximate surface area is 157 Å². The smallest absolute Gasteiger partial charge is 0.339 e. The summed E-state index contributed by atoms with van der Waals surface area (Å²) in [6, 6.07) is 11.7. The Morgan fingerprint density at radius 1 is 1.04 bits per heavy atom. The number of anilines is 1. The van der Waals surface area contributed by atoms with Gasteiger partial charge in [0.1, 0.15) is 17.1 Å². The average Bonchev–Trinajstić information content (AvgIpc) is 2.69. The molecule has 6 heteroatoms. The van der Waals surface area contributed by atoms with E-state index < -0.39 is 11.9 Å². The largest absolute Gasteiger partial charge is 0.507 e. The van der Waals surface area contributed by atoms with Crippen LogP contribution in [0.15, 0.2) is 42.5 Å². The van der Waals surface area contributed by atoms with Gasteiger partial charge in [0.05, 0.1) is 0 Å². The number of phenols is 1. The number of ether oxygens (including phenoxy) is 1. The van der Waals surface area contributed by atoms with Gasteiger partial charge >= 0.3 is 5.97 Å². The van der Waals surface area contributed by atoms with Crippen molar-refractivity contribution in [2.75, 3.05) is 11.9 Å². The van der Waals surface area contributed by atoms with Gasteiger partial charge in [0, 0.05) is 5.69 Å². The summed E-state index contributed by atoms with van der Waals surface area (Å²) in [5.74, 6) is -0.795. The molecule has 2 aromatic rings. The molecule has 0 bridgehead atoms. The average molecular weight is 369 g/mol. The molecule has 1 amide bonds. The predicted molar refractivity (Wildman–Crippen MR) is 101 cm³/mol. The van der Waals surface area contributed by atoms with Gasteiger partial charge < -0.3 is 20.3 Å². The van der Waals surface area contributed by atoms with Crippen LogP contribution in [0, 0.1) is 0 Å². The van der Waals surface area contributed by atoms with Crippen molar-refractivity contribution >= 4 is 17.6 Å². The highest BCUT2D eigenvalue weighted by Crippen LogP contribution is 2.33. The Kier molecular flexibility index (Phi) is 5.96. The van der Waals surface area contributed by atoms with Gasteiger partial charge in [0.25, 0.3) is 5.91 Å². The second-order valence-electron chi connectivity index (χ2n) is 6.78. The van der Waals surface area contributed by atoms with Crippen molar-refractivity contribution in [2.45, 2.75) is 38.0 Å². The molecule has 0 radical (unpaired) electrons. The lowest BCUT2D eigenvalue weighted by Gasteiger charge is -2.22. The van der Waals surface area contributed by atoms with Crippen LogP contribution in [0.25, 0.3) is 0 Å². The van der Waals surface area contributed by atoms with Crippen LogP contribution in [0.2, 0.25) is 0 Å². The summed E-state index contributed by atoms with van der Waals surface area (Å²) in [4.78, 5) is 23.0. The number of hydrogen-bond acceptors (Lipinski definition) is 4. The van der Waals surface area contributed by atoms with E-state index in [2.05, 4.69) is 17.4 Å². The molecular weight excluding hydrogens is 346 g/mol. The van der Waals surface area contributed by atoms with Crippen LogP contribution in [-0.2, 0) is 4.79 Å². The minimum atomic E-state index is -1.27. The number of hydrogen-bond donors (Lipinski definition) is 3. The fraction of sp³-hybridized carbons (Fsp3) is 0.333. The summed E-state index contributed by atoms with van der Waals surface area (Å²) in [6.07, 6.45) is 6.34. The summed E-state index contributed by atoms with van der Waals surface area (Å²) in [5, 5.41) is 21.0. The Morgan fingerprint density at radius 3 is 2.41 bits per heavy atom. The van der Waals surface area contributed by atoms with Gasteiger partial charge in [0.15, 0.2) is 6.61 Å². The first-order valence-corrected chi connectivity index (χ1v) is 9.12. The van der Waals surface area contributed by atoms with E-state index in [-0.39, 0.29) is 23.6 Å². The van der Waals surface area contributed by atoms with Gasteiger partial charge in [-0.3, -0.25) is 4.79 Å². The molecule has 1 saturated carbocycles. The first kappa shape index (κ1) is 18.8. The molecule has 0 spiro atoms. The summed E-state index contributed by atoms with van der Waals surface area (Å²) >= 11 is 0. The van der Waals surface area contributed by atoms with Crippen LogP contribution in [0.4, 0.5) is 5.69 Å². The van der Waals surface area contributed by atoms with E-state index in [0.717, 1.165) is 0 Å². The van der Waals surface area contributed by atoms with Crippen molar-refractivity contribution in [1.29, 1.82) is 0 Å². The third-order valence-electron chi connectivity index (χ3n) is 4.84. The Bertz CT molecular complexity index is 810. The molecule has 3 rings (SSSR count). The van der Waals surface area contributed by atoms with Crippen molar-refractivity contribution in [3.63, 3.8) is 0 Å². The zero-order chi connectivity index (χ0) is 19.2. The maximum absolute atomic E-state index is 12.0. The number of rotatable bonds is 6. The highest BCUT2D eigenvalue weighted by molar-refractivity contribution is 5.96. The summed E-state index contributed by atoms with van der Waals surface area (Å²) in [7, 11) is 0. The van der Waals surface area contributed by atoms with Crippen molar-refractivity contribution < 1.29 is 24.5 Å². The van der Waals surface area contributed by atoms with Gasteiger partial charge in [-0.15, -0.1) is 0 Å². The normalized spacial score (nSPS) is 14.5. The monoisotopic (exact) mass is 369 g/mol. The lowest BCUT2D eigenvalue weighted by Crippen LogP contribution is -2.20. The van der Waals surface area contributed by atoms with E-state index in [0.29, 0.717) is 11.7 Å². The van der Waals surface area contributed by atoms with Gasteiger partial charge in [-0.1, -0.05) is 31.4 Å². The van der Waals surface area contributed by atoms with Crippen molar-refractivity contribution in [3.8, 4) is 11.5 Å². The standard InChI is InChI=1S/C21H23NO5/c23-19-11-8-16(12-18(19)21(25)26)22-20(24)13-27-17-9-6-15(7-10-17)14-4-2-1-3-5-14/h6-12,14,23H,1-5,13H2,(H,22,24)(H,25,26). The van der Waals surface area contributed by atoms with Crippen molar-refractivity contribution in [3.05, 3.63) is 53.6 Å². The van der Waals surface area contributed by atoms with E-state index in [1.54, 1.807) is 0 Å². The molecule has 0 aromatic heterocycles. The van der Waals surface area contributed by atoms with E-state index in [1.807, 2.05) is 12.1 Å². The maximum Gasteiger partial charge on any atom is 0.339 e. The van der Waals surface area contributed by atoms with Crippen LogP contribution < -0.4 is 10.1 Å². The number of aromatic hydroxyl groups is 1. The number of amides is 1. The highest BCUT2D eigenvalue weighted by atomic mass is 16.5. The quantitative estimate of drug-likeness (QED) is 0.665. The number of carboxylic acid groups (broad SMARTS) is 1. The lowest BCUT2D eigenvalue weighted by atomic mass is 9.84. The number of carboxylic acids is 1. The molecule has 27 heavy (non-hydrogen) atoms. The fourth-order valence-corrected chi connectivity index (χ4v) is 3.40. The first-order valence-electron chi connectivity index (χ1n) is 9.12. The van der Waals surface area contributed by atoms with Gasteiger partial charge in [-0.2, -0.15) is 0 Å². The Balaban J connectivity index is 1.53. The predicted octanol–water partition coefficient (Wildman–Crippen LogP) is 4.16. The van der Waals surface area contributed by atoms with Gasteiger partial charge in [-0.05, 0) is 54.7 Å². The van der Waals surface area contributed by atoms with Crippen LogP contribution in [-0.4, -0.2) is 28.7 Å². The van der Waals surface area contributed by atoms with E-state index in [1.165, 1.54) is 55.9 Å².